The van der Waals surface area contributed by atoms with Gasteiger partial charge in [0.15, 0.2) is 0 Å². The van der Waals surface area contributed by atoms with Crippen molar-refractivity contribution >= 4 is 26.8 Å². The number of alkyl halides is 9. The monoisotopic (exact) mass is 650 g/mol. The van der Waals surface area contributed by atoms with Gasteiger partial charge in [0.1, 0.15) is 7.78 Å². The molecule has 0 aliphatic carbocycles. The van der Waals surface area contributed by atoms with E-state index in [1.165, 1.54) is 23.1 Å². The van der Waals surface area contributed by atoms with Crippen molar-refractivity contribution in [1.82, 2.24) is 0 Å². The second kappa shape index (κ2) is 13.4. The van der Waals surface area contributed by atoms with Crippen LogP contribution in [0.1, 0.15) is 29.5 Å². The Kier molecular flexibility index (Phi) is 11.4. The molecule has 3 rings (SSSR count). The Labute approximate surface area is 235 Å². The molecule has 0 amide bonds. The zero-order valence-electron chi connectivity index (χ0n) is 20.9. The molecule has 0 fully saturated rings. The molecule has 15 heteroatoms. The second-order valence-electron chi connectivity index (χ2n) is 8.69. The van der Waals surface area contributed by atoms with Crippen molar-refractivity contribution in [3.05, 3.63) is 108 Å². The van der Waals surface area contributed by atoms with E-state index in [0.29, 0.717) is 0 Å². The predicted molar refractivity (Wildman–Crippen MR) is 144 cm³/mol. The molecule has 2 atom stereocenters. The third kappa shape index (κ3) is 8.00. The maximum atomic E-state index is 12.5. The highest BCUT2D eigenvalue weighted by Gasteiger charge is 2.82. The number of hydrogen-bond donors (Lipinski definition) is 1. The van der Waals surface area contributed by atoms with E-state index >= 15 is 0 Å². The van der Waals surface area contributed by atoms with Crippen LogP contribution in [-0.4, -0.2) is 42.8 Å². The van der Waals surface area contributed by atoms with E-state index in [2.05, 4.69) is 100 Å². The van der Waals surface area contributed by atoms with Crippen LogP contribution < -0.4 is 0 Å². The van der Waals surface area contributed by atoms with E-state index in [4.69, 9.17) is 4.55 Å². The summed E-state index contributed by atoms with van der Waals surface area (Å²) in [5, 5.41) is 0. The molecule has 3 aromatic carbocycles. The summed E-state index contributed by atoms with van der Waals surface area (Å²) in [6.45, 7) is 0. The Morgan fingerprint density at radius 2 is 0.976 bits per heavy atom. The Morgan fingerprint density at radius 1 is 0.634 bits per heavy atom. The molecule has 0 bridgehead atoms. The predicted octanol–water partition coefficient (Wildman–Crippen LogP) is 8.57. The molecular formula is C26H25F9O3P2S. The third-order valence-electron chi connectivity index (χ3n) is 5.96. The first-order valence-electron chi connectivity index (χ1n) is 11.7. The van der Waals surface area contributed by atoms with Crippen molar-refractivity contribution in [2.75, 3.05) is 6.16 Å². The lowest BCUT2D eigenvalue weighted by Gasteiger charge is -2.36. The van der Waals surface area contributed by atoms with Crippen molar-refractivity contribution in [3.8, 4) is 0 Å². The maximum absolute atomic E-state index is 12.5. The summed E-state index contributed by atoms with van der Waals surface area (Å²) in [6, 6.07) is 32.8. The van der Waals surface area contributed by atoms with Crippen molar-refractivity contribution in [2.24, 2.45) is 0 Å². The van der Waals surface area contributed by atoms with Gasteiger partial charge in [-0.05, 0) is 35.7 Å². The fraction of sp³-hybridized carbons (Fsp3) is 0.308. The minimum atomic E-state index is -7.17. The lowest BCUT2D eigenvalue weighted by atomic mass is 9.67. The van der Waals surface area contributed by atoms with Gasteiger partial charge in [0.2, 0.25) is 0 Å². The van der Waals surface area contributed by atoms with Gasteiger partial charge in [0, 0.05) is 5.41 Å². The SMILES string of the molecule is O=S(=O)(O)PC(F)(F)C(F)(F)C(F)(F)C(F)(F)F.PCCCC(c1ccccc1)(c1ccccc1)c1ccccc1. The largest absolute Gasteiger partial charge is 0.460 e. The average Bonchev–Trinajstić information content (AvgIpc) is 2.89. The summed E-state index contributed by atoms with van der Waals surface area (Å²) in [4.78, 5) is 0. The van der Waals surface area contributed by atoms with Gasteiger partial charge in [-0.25, -0.2) is 0 Å². The van der Waals surface area contributed by atoms with Crippen LogP contribution in [0, 0.1) is 0 Å². The van der Waals surface area contributed by atoms with E-state index in [9.17, 15) is 47.9 Å². The molecule has 0 radical (unpaired) electrons. The van der Waals surface area contributed by atoms with Gasteiger partial charge < -0.3 is 0 Å². The molecule has 3 aromatic rings. The molecule has 0 heterocycles. The van der Waals surface area contributed by atoms with Crippen molar-refractivity contribution in [3.63, 3.8) is 0 Å². The molecule has 0 spiro atoms. The fourth-order valence-electron chi connectivity index (χ4n) is 4.07. The Bertz CT molecular complexity index is 1240. The summed E-state index contributed by atoms with van der Waals surface area (Å²) in [5.41, 5.74) is -2.26. The molecule has 41 heavy (non-hydrogen) atoms. The summed E-state index contributed by atoms with van der Waals surface area (Å²) >= 11 is 0. The lowest BCUT2D eigenvalue weighted by molar-refractivity contribution is -0.381. The fourth-order valence-corrected chi connectivity index (χ4v) is 6.24. The molecule has 2 unspecified atom stereocenters. The van der Waals surface area contributed by atoms with Gasteiger partial charge in [0.25, 0.3) is 9.74 Å². The van der Waals surface area contributed by atoms with E-state index in [1.54, 1.807) is 0 Å². The van der Waals surface area contributed by atoms with Crippen LogP contribution in [0.15, 0.2) is 91.0 Å². The van der Waals surface area contributed by atoms with Crippen LogP contribution >= 0.6 is 17.0 Å². The maximum Gasteiger partial charge on any atom is 0.460 e. The van der Waals surface area contributed by atoms with Crippen LogP contribution in [0.5, 0.6) is 0 Å². The molecule has 1 N–H and O–H groups in total. The number of halogens is 9. The lowest BCUT2D eigenvalue weighted by Crippen LogP contribution is -2.59. The van der Waals surface area contributed by atoms with E-state index in [-0.39, 0.29) is 5.41 Å². The smallest absolute Gasteiger partial charge is 0.283 e. The van der Waals surface area contributed by atoms with E-state index in [1.807, 2.05) is 0 Å². The minimum Gasteiger partial charge on any atom is -0.283 e. The molecule has 0 aliphatic rings. The molecule has 3 nitrogen and oxygen atoms in total. The van der Waals surface area contributed by atoms with Crippen LogP contribution in [0.3, 0.4) is 0 Å². The Balaban J connectivity index is 0.000000298. The first-order valence-corrected chi connectivity index (χ1v) is 15.6. The Hall–Kier alpha value is -2.20. The normalized spacial score (nSPS) is 13.6. The summed E-state index contributed by atoms with van der Waals surface area (Å²) < 4.78 is 136. The van der Waals surface area contributed by atoms with Gasteiger partial charge >= 0.3 is 23.7 Å². The van der Waals surface area contributed by atoms with E-state index < -0.39 is 41.2 Å². The van der Waals surface area contributed by atoms with Crippen molar-refractivity contribution < 1.29 is 52.5 Å². The third-order valence-corrected chi connectivity index (χ3v) is 8.74. The zero-order chi connectivity index (χ0) is 31.2. The highest BCUT2D eigenvalue weighted by molar-refractivity contribution is 8.40. The van der Waals surface area contributed by atoms with Gasteiger partial charge in [-0.3, -0.25) is 4.55 Å². The van der Waals surface area contributed by atoms with Gasteiger partial charge in [-0.2, -0.15) is 47.9 Å². The van der Waals surface area contributed by atoms with Gasteiger partial charge in [-0.1, -0.05) is 91.0 Å². The van der Waals surface area contributed by atoms with Crippen molar-refractivity contribution in [2.45, 2.75) is 41.9 Å². The van der Waals surface area contributed by atoms with Crippen LogP contribution in [0.2, 0.25) is 0 Å². The van der Waals surface area contributed by atoms with Crippen LogP contribution in [-0.2, 0) is 15.2 Å². The van der Waals surface area contributed by atoms with E-state index in [0.717, 1.165) is 12.6 Å². The molecule has 0 saturated carbocycles. The van der Waals surface area contributed by atoms with Crippen LogP contribution in [0.4, 0.5) is 39.5 Å². The first kappa shape index (κ1) is 35.0. The standard InChI is InChI=1S/C22H23P.C4H2F9O3PS/c23-18-10-17-22(19-11-4-1-5-12-19,20-13-6-2-7-14-20)21-15-8-3-9-16-21;5-1(6,3(9,10)11)2(7,8)4(12,13)17-18(14,15)16/h1-9,11-16H,10,17-18,23H2;17H,(H,14,15,16). The first-order chi connectivity index (χ1) is 18.8. The average molecular weight is 650 g/mol. The van der Waals surface area contributed by atoms with Crippen LogP contribution in [0.25, 0.3) is 0 Å². The van der Waals surface area contributed by atoms with Crippen molar-refractivity contribution in [1.29, 1.82) is 0 Å². The number of benzene rings is 3. The second-order valence-corrected chi connectivity index (χ2v) is 13.2. The summed E-state index contributed by atoms with van der Waals surface area (Å²) in [6.07, 6.45) is -3.63. The minimum absolute atomic E-state index is 0.0830. The Morgan fingerprint density at radius 3 is 1.24 bits per heavy atom. The topological polar surface area (TPSA) is 54.4 Å². The van der Waals surface area contributed by atoms with Gasteiger partial charge in [0.05, 0.1) is 0 Å². The molecule has 0 aliphatic heterocycles. The summed E-state index contributed by atoms with van der Waals surface area (Å²) in [5.74, 6) is -14.2. The van der Waals surface area contributed by atoms with Gasteiger partial charge in [-0.15, -0.1) is 9.24 Å². The number of hydrogen-bond acceptors (Lipinski definition) is 2. The quantitative estimate of drug-likeness (QED) is 0.104. The molecule has 0 aromatic heterocycles. The molecular weight excluding hydrogens is 625 g/mol. The number of rotatable bonds is 10. The highest BCUT2D eigenvalue weighted by Crippen LogP contribution is 2.59. The summed E-state index contributed by atoms with van der Waals surface area (Å²) in [7, 11) is -6.57. The highest BCUT2D eigenvalue weighted by atomic mass is 32.8. The molecule has 226 valence electrons. The molecule has 0 saturated heterocycles. The zero-order valence-corrected chi connectivity index (χ0v) is 23.9.